The number of esters is 2. The highest BCUT2D eigenvalue weighted by Crippen LogP contribution is 2.42. The van der Waals surface area contributed by atoms with Crippen LogP contribution in [0.2, 0.25) is 18.1 Å². The molecule has 2 aromatic rings. The zero-order valence-electron chi connectivity index (χ0n) is 26.1. The number of carbonyl (C=O) groups excluding carboxylic acids is 2. The minimum Gasteiger partial charge on any atom is -0.453 e. The second-order valence-electron chi connectivity index (χ2n) is 12.8. The van der Waals surface area contributed by atoms with Crippen LogP contribution in [0.5, 0.6) is 0 Å². The Balaban J connectivity index is 1.61. The van der Waals surface area contributed by atoms with Gasteiger partial charge < -0.3 is 38.3 Å². The quantitative estimate of drug-likeness (QED) is 0.168. The molecular weight excluding hydrogens is 699 g/mol. The van der Waals surface area contributed by atoms with E-state index >= 15 is 0 Å². The van der Waals surface area contributed by atoms with E-state index in [4.69, 9.17) is 28.1 Å². The topological polar surface area (TPSA) is 130 Å². The van der Waals surface area contributed by atoms with Crippen LogP contribution in [-0.2, 0) is 28.1 Å². The average Bonchev–Trinajstić information content (AvgIpc) is 2.97. The van der Waals surface area contributed by atoms with Gasteiger partial charge in [-0.1, -0.05) is 79.8 Å². The summed E-state index contributed by atoms with van der Waals surface area (Å²) in [5.74, 6) is -1.12. The first-order valence-electron chi connectivity index (χ1n) is 14.8. The number of hydrogen-bond donors (Lipinski definition) is 2. The number of halogens is 1. The first-order valence-corrected chi connectivity index (χ1v) is 18.9. The molecule has 0 aromatic heterocycles. The summed E-state index contributed by atoms with van der Waals surface area (Å²) in [7, 11) is -2.41. The van der Waals surface area contributed by atoms with Crippen molar-refractivity contribution in [1.82, 2.24) is 0 Å². The summed E-state index contributed by atoms with van der Waals surface area (Å²) >= 11 is 2.16. The molecule has 12 heteroatoms. The smallest absolute Gasteiger partial charge is 0.338 e. The van der Waals surface area contributed by atoms with Gasteiger partial charge in [0, 0.05) is 0 Å². The van der Waals surface area contributed by atoms with E-state index in [1.807, 2.05) is 6.07 Å². The number of carbonyl (C=O) groups is 2. The van der Waals surface area contributed by atoms with E-state index in [-0.39, 0.29) is 5.04 Å². The Labute approximate surface area is 273 Å². The van der Waals surface area contributed by atoms with Gasteiger partial charge in [-0.2, -0.15) is 0 Å². The first-order chi connectivity index (χ1) is 20.6. The van der Waals surface area contributed by atoms with Crippen LogP contribution in [0.1, 0.15) is 55.3 Å². The molecule has 4 rings (SSSR count). The summed E-state index contributed by atoms with van der Waals surface area (Å²) in [5, 5.41) is 21.3. The molecule has 0 amide bonds. The number of benzene rings is 2. The molecule has 2 saturated heterocycles. The van der Waals surface area contributed by atoms with Crippen LogP contribution in [-0.4, -0.2) is 89.7 Å². The Bertz CT molecular complexity index is 1260. The monoisotopic (exact) mass is 742 g/mol. The predicted molar refractivity (Wildman–Crippen MR) is 173 cm³/mol. The Morgan fingerprint density at radius 1 is 0.773 bits per heavy atom. The summed E-state index contributed by atoms with van der Waals surface area (Å²) in [6.45, 7) is 14.0. The number of alkyl halides is 1. The predicted octanol–water partition coefficient (Wildman–Crippen LogP) is 4.86. The molecule has 10 atom stereocenters. The lowest BCUT2D eigenvalue weighted by Crippen LogP contribution is -2.64. The third kappa shape index (κ3) is 7.89. The van der Waals surface area contributed by atoms with Gasteiger partial charge >= 0.3 is 11.9 Å². The molecule has 242 valence electrons. The normalized spacial score (nSPS) is 33.0. The molecule has 2 heterocycles. The van der Waals surface area contributed by atoms with Crippen LogP contribution in [0, 0.1) is 0 Å². The van der Waals surface area contributed by atoms with Crippen LogP contribution >= 0.6 is 22.6 Å². The van der Waals surface area contributed by atoms with E-state index in [0.29, 0.717) is 11.1 Å². The van der Waals surface area contributed by atoms with Crippen molar-refractivity contribution in [2.45, 2.75) is 112 Å². The second-order valence-corrected chi connectivity index (χ2v) is 19.0. The third-order valence-corrected chi connectivity index (χ3v) is 14.3. The van der Waals surface area contributed by atoms with Gasteiger partial charge in [-0.25, -0.2) is 9.59 Å². The minimum absolute atomic E-state index is 0.150. The average molecular weight is 743 g/mol. The van der Waals surface area contributed by atoms with Gasteiger partial charge in [0.15, 0.2) is 33.1 Å². The van der Waals surface area contributed by atoms with Crippen LogP contribution in [0.15, 0.2) is 60.7 Å². The molecular formula is C32H43IO10Si. The molecule has 0 spiro atoms. The molecule has 0 aliphatic carbocycles. The molecule has 2 aliphatic rings. The zero-order chi connectivity index (χ0) is 32.4. The van der Waals surface area contributed by atoms with Crippen LogP contribution in [0.25, 0.3) is 0 Å². The van der Waals surface area contributed by atoms with Crippen molar-refractivity contribution >= 4 is 42.8 Å². The van der Waals surface area contributed by atoms with E-state index in [1.54, 1.807) is 68.4 Å². The van der Waals surface area contributed by atoms with E-state index in [0.717, 1.165) is 0 Å². The second kappa shape index (κ2) is 14.2. The fourth-order valence-corrected chi connectivity index (χ4v) is 7.38. The lowest BCUT2D eigenvalue weighted by Gasteiger charge is -2.49. The van der Waals surface area contributed by atoms with Crippen molar-refractivity contribution in [3.8, 4) is 0 Å². The van der Waals surface area contributed by atoms with Crippen LogP contribution in [0.3, 0.4) is 0 Å². The fourth-order valence-electron chi connectivity index (χ4n) is 4.90. The maximum Gasteiger partial charge on any atom is 0.338 e. The summed E-state index contributed by atoms with van der Waals surface area (Å²) in [6.07, 6.45) is -9.26. The molecule has 0 bridgehead atoms. The van der Waals surface area contributed by atoms with Gasteiger partial charge in [-0.05, 0) is 56.2 Å². The lowest BCUT2D eigenvalue weighted by molar-refractivity contribution is -0.325. The first kappa shape index (κ1) is 35.0. The van der Waals surface area contributed by atoms with Crippen molar-refractivity contribution in [2.24, 2.45) is 0 Å². The SMILES string of the molecule is C[C@H]1O[C@H](O)[C@H](O)[C@@H](O[C@H]2O[C@H](C)[C@@H](OC(=O)c3ccccc3)[C@H](O[Si](C)(C)C(C)(C)C)[C@@H]2I)[C@@H]1OC(=O)c1ccccc1. The standard InChI is InChI=1S/C32H43IO10Si/c1-18-25(41-29(36)21-16-12-9-13-17-21)27(23(34)30(37)38-18)42-31-22(33)26(43-44(6,7)32(3,4)5)24(19(2)39-31)40-28(35)20-14-10-8-11-15-20/h8-19,22-27,30-31,34,37H,1-7H3/t18-,19-,22+,23-,24-,25-,26-,27-,30+,31-/m1/s1. The van der Waals surface area contributed by atoms with Gasteiger partial charge in [0.05, 0.1) is 27.3 Å². The zero-order valence-corrected chi connectivity index (χ0v) is 29.2. The Morgan fingerprint density at radius 3 is 1.70 bits per heavy atom. The Kier molecular flexibility index (Phi) is 11.3. The highest BCUT2D eigenvalue weighted by atomic mass is 127. The van der Waals surface area contributed by atoms with Crippen LogP contribution in [0.4, 0.5) is 0 Å². The third-order valence-electron chi connectivity index (χ3n) is 8.51. The molecule has 2 aromatic carbocycles. The number of ether oxygens (including phenoxy) is 5. The minimum atomic E-state index is -2.41. The van der Waals surface area contributed by atoms with Gasteiger partial charge in [-0.3, -0.25) is 0 Å². The van der Waals surface area contributed by atoms with Crippen molar-refractivity contribution in [3.05, 3.63) is 71.8 Å². The molecule has 2 N–H and O–H groups in total. The van der Waals surface area contributed by atoms with E-state index in [2.05, 4.69) is 56.5 Å². The van der Waals surface area contributed by atoms with Gasteiger partial charge in [0.25, 0.3) is 0 Å². The van der Waals surface area contributed by atoms with E-state index < -0.39 is 79.5 Å². The summed E-state index contributed by atoms with van der Waals surface area (Å²) in [4.78, 5) is 26.2. The maximum atomic E-state index is 13.2. The van der Waals surface area contributed by atoms with Gasteiger partial charge in [0.1, 0.15) is 18.3 Å². The largest absolute Gasteiger partial charge is 0.453 e. The summed E-state index contributed by atoms with van der Waals surface area (Å²) in [6, 6.07) is 17.2. The highest BCUT2D eigenvalue weighted by molar-refractivity contribution is 14.1. The fraction of sp³-hybridized carbons (Fsp3) is 0.562. The van der Waals surface area contributed by atoms with E-state index in [1.165, 1.54) is 0 Å². The number of aliphatic hydroxyl groups is 2. The molecule has 2 fully saturated rings. The Hall–Kier alpha value is -1.91. The maximum absolute atomic E-state index is 13.2. The van der Waals surface area contributed by atoms with Crippen molar-refractivity contribution in [2.75, 3.05) is 0 Å². The van der Waals surface area contributed by atoms with Crippen LogP contribution < -0.4 is 0 Å². The summed E-state index contributed by atoms with van der Waals surface area (Å²) < 4.78 is 36.3. The highest BCUT2D eigenvalue weighted by Gasteiger charge is 2.54. The number of hydrogen-bond acceptors (Lipinski definition) is 10. The number of aliphatic hydroxyl groups excluding tert-OH is 2. The summed E-state index contributed by atoms with van der Waals surface area (Å²) in [5.41, 5.74) is 0.727. The van der Waals surface area contributed by atoms with Gasteiger partial charge in [0.2, 0.25) is 0 Å². The molecule has 0 unspecified atom stereocenters. The molecule has 44 heavy (non-hydrogen) atoms. The van der Waals surface area contributed by atoms with Crippen molar-refractivity contribution in [3.63, 3.8) is 0 Å². The molecule has 10 nitrogen and oxygen atoms in total. The molecule has 0 saturated carbocycles. The lowest BCUT2D eigenvalue weighted by atomic mass is 9.98. The number of rotatable bonds is 8. The molecule has 2 aliphatic heterocycles. The van der Waals surface area contributed by atoms with E-state index in [9.17, 15) is 19.8 Å². The Morgan fingerprint density at radius 2 is 1.23 bits per heavy atom. The van der Waals surface area contributed by atoms with Crippen molar-refractivity contribution in [1.29, 1.82) is 0 Å². The van der Waals surface area contributed by atoms with Gasteiger partial charge in [-0.15, -0.1) is 0 Å². The van der Waals surface area contributed by atoms with Crippen molar-refractivity contribution < 1.29 is 47.9 Å². The molecule has 0 radical (unpaired) electrons.